The first-order valence-corrected chi connectivity index (χ1v) is 7.10. The van der Waals surface area contributed by atoms with Crippen LogP contribution in [0.3, 0.4) is 0 Å². The van der Waals surface area contributed by atoms with Gasteiger partial charge in [-0.1, -0.05) is 23.8 Å². The van der Waals surface area contributed by atoms with Crippen molar-refractivity contribution in [1.29, 1.82) is 0 Å². The summed E-state index contributed by atoms with van der Waals surface area (Å²) in [6.07, 6.45) is 4.47. The van der Waals surface area contributed by atoms with Crippen molar-refractivity contribution in [1.82, 2.24) is 4.98 Å². The number of carbonyl (C=O) groups is 2. The van der Waals surface area contributed by atoms with E-state index in [1.165, 1.54) is 13.3 Å². The second-order valence-electron chi connectivity index (χ2n) is 4.18. The normalized spacial score (nSPS) is 12.0. The highest BCUT2D eigenvalue weighted by molar-refractivity contribution is 6.30. The minimum absolute atomic E-state index is 0.0607. The topological polar surface area (TPSA) is 74.7 Å². The first kappa shape index (κ1) is 18.0. The van der Waals surface area contributed by atoms with Gasteiger partial charge in [0.25, 0.3) is 0 Å². The van der Waals surface area contributed by atoms with Crippen LogP contribution in [0.1, 0.15) is 25.0 Å². The van der Waals surface area contributed by atoms with Crippen molar-refractivity contribution in [2.45, 2.75) is 19.3 Å². The Balaban J connectivity index is 2.69. The van der Waals surface area contributed by atoms with E-state index in [2.05, 4.69) is 9.72 Å². The van der Waals surface area contributed by atoms with E-state index in [1.54, 1.807) is 31.2 Å². The second-order valence-corrected chi connectivity index (χ2v) is 4.61. The first-order valence-electron chi connectivity index (χ1n) is 6.72. The van der Waals surface area contributed by atoms with Crippen molar-refractivity contribution in [2.24, 2.45) is 0 Å². The molecule has 0 N–H and O–H groups in total. The van der Waals surface area contributed by atoms with Gasteiger partial charge in [0.05, 0.1) is 19.4 Å². The van der Waals surface area contributed by atoms with Crippen LogP contribution in [0.5, 0.6) is 0 Å². The molecule has 0 fully saturated rings. The molecule has 1 atom stereocenters. The molecular weight excluding hydrogens is 310 g/mol. The molecule has 1 rings (SSSR count). The summed E-state index contributed by atoms with van der Waals surface area (Å²) in [5.41, 5.74) is 0.532. The van der Waals surface area contributed by atoms with Gasteiger partial charge in [-0.25, -0.2) is 4.79 Å². The van der Waals surface area contributed by atoms with E-state index in [0.29, 0.717) is 17.1 Å². The maximum atomic E-state index is 12.0. The summed E-state index contributed by atoms with van der Waals surface area (Å²) in [4.78, 5) is 27.0. The van der Waals surface area contributed by atoms with E-state index >= 15 is 0 Å². The van der Waals surface area contributed by atoms with E-state index in [4.69, 9.17) is 21.1 Å². The van der Waals surface area contributed by atoms with Crippen LogP contribution in [0.4, 0.5) is 4.79 Å². The van der Waals surface area contributed by atoms with Crippen molar-refractivity contribution < 1.29 is 23.8 Å². The van der Waals surface area contributed by atoms with Gasteiger partial charge < -0.3 is 14.2 Å². The van der Waals surface area contributed by atoms with Gasteiger partial charge >= 0.3 is 12.1 Å². The fraction of sp³-hybridized carbons (Fsp3) is 0.400. The molecule has 1 heterocycles. The number of halogens is 1. The van der Waals surface area contributed by atoms with Crippen molar-refractivity contribution >= 4 is 23.7 Å². The number of allylic oxidation sites excluding steroid dienone is 1. The van der Waals surface area contributed by atoms with Gasteiger partial charge in [-0.15, -0.1) is 0 Å². The SMILES string of the molecule is CCOC(=O)C(C/C=C/COC(=O)OC)c1cc(Cl)ccn1. The fourth-order valence-corrected chi connectivity index (χ4v) is 1.84. The Morgan fingerprint density at radius 3 is 2.77 bits per heavy atom. The largest absolute Gasteiger partial charge is 0.508 e. The molecule has 0 aromatic carbocycles. The van der Waals surface area contributed by atoms with E-state index in [9.17, 15) is 9.59 Å². The van der Waals surface area contributed by atoms with Crippen LogP contribution in [0.25, 0.3) is 0 Å². The predicted octanol–water partition coefficient (Wildman–Crippen LogP) is 3.11. The molecule has 120 valence electrons. The second kappa shape index (κ2) is 9.78. The number of rotatable bonds is 7. The lowest BCUT2D eigenvalue weighted by Gasteiger charge is -2.13. The Kier molecular flexibility index (Phi) is 7.99. The van der Waals surface area contributed by atoms with Crippen LogP contribution in [-0.2, 0) is 19.0 Å². The standard InChI is InChI=1S/C15H18ClNO5/c1-3-21-14(18)12(13-10-11(16)7-8-17-13)6-4-5-9-22-15(19)20-2/h4-5,7-8,10,12H,3,6,9H2,1-2H3/b5-4+. The molecule has 0 spiro atoms. The summed E-state index contributed by atoms with van der Waals surface area (Å²) in [7, 11) is 1.23. The van der Waals surface area contributed by atoms with Crippen LogP contribution in [0, 0.1) is 0 Å². The number of methoxy groups -OCH3 is 1. The zero-order chi connectivity index (χ0) is 16.4. The zero-order valence-corrected chi connectivity index (χ0v) is 13.2. The number of pyridine rings is 1. The number of carbonyl (C=O) groups excluding carboxylic acids is 2. The molecule has 0 aliphatic heterocycles. The summed E-state index contributed by atoms with van der Waals surface area (Å²) >= 11 is 5.92. The van der Waals surface area contributed by atoms with E-state index in [1.807, 2.05) is 0 Å². The number of esters is 1. The van der Waals surface area contributed by atoms with E-state index in [0.717, 1.165) is 0 Å². The fourth-order valence-electron chi connectivity index (χ4n) is 1.67. The number of aromatic nitrogens is 1. The molecule has 6 nitrogen and oxygen atoms in total. The molecular formula is C15H18ClNO5. The molecule has 0 saturated carbocycles. The first-order chi connectivity index (χ1) is 10.6. The Labute approximate surface area is 134 Å². The Morgan fingerprint density at radius 2 is 2.14 bits per heavy atom. The average molecular weight is 328 g/mol. The summed E-state index contributed by atoms with van der Waals surface area (Å²) in [6, 6.07) is 3.26. The van der Waals surface area contributed by atoms with Crippen molar-refractivity contribution in [2.75, 3.05) is 20.3 Å². The van der Waals surface area contributed by atoms with Crippen molar-refractivity contribution in [3.8, 4) is 0 Å². The maximum absolute atomic E-state index is 12.0. The van der Waals surface area contributed by atoms with Gasteiger partial charge in [0.1, 0.15) is 12.5 Å². The van der Waals surface area contributed by atoms with Crippen molar-refractivity contribution in [3.05, 3.63) is 41.2 Å². The van der Waals surface area contributed by atoms with Crippen LogP contribution >= 0.6 is 11.6 Å². The van der Waals surface area contributed by atoms with Gasteiger partial charge in [-0.05, 0) is 25.5 Å². The highest BCUT2D eigenvalue weighted by atomic mass is 35.5. The maximum Gasteiger partial charge on any atom is 0.508 e. The van der Waals surface area contributed by atoms with E-state index in [-0.39, 0.29) is 19.2 Å². The van der Waals surface area contributed by atoms with Gasteiger partial charge in [-0.2, -0.15) is 0 Å². The third-order valence-corrected chi connectivity index (χ3v) is 2.91. The summed E-state index contributed by atoms with van der Waals surface area (Å²) in [5, 5.41) is 0.498. The van der Waals surface area contributed by atoms with Gasteiger partial charge in [-0.3, -0.25) is 9.78 Å². The minimum atomic E-state index is -0.761. The monoisotopic (exact) mass is 327 g/mol. The molecule has 0 radical (unpaired) electrons. The highest BCUT2D eigenvalue weighted by Crippen LogP contribution is 2.22. The Bertz CT molecular complexity index is 532. The average Bonchev–Trinajstić information content (AvgIpc) is 2.50. The number of ether oxygens (including phenoxy) is 3. The van der Waals surface area contributed by atoms with Crippen LogP contribution < -0.4 is 0 Å². The molecule has 0 amide bonds. The number of hydrogen-bond acceptors (Lipinski definition) is 6. The zero-order valence-electron chi connectivity index (χ0n) is 12.5. The molecule has 0 saturated heterocycles. The number of nitrogens with zero attached hydrogens (tertiary/aromatic N) is 1. The molecule has 22 heavy (non-hydrogen) atoms. The molecule has 1 aromatic rings. The van der Waals surface area contributed by atoms with Crippen molar-refractivity contribution in [3.63, 3.8) is 0 Å². The predicted molar refractivity (Wildman–Crippen MR) is 80.7 cm³/mol. The Morgan fingerprint density at radius 1 is 1.36 bits per heavy atom. The molecule has 1 aromatic heterocycles. The van der Waals surface area contributed by atoms with Gasteiger partial charge in [0.2, 0.25) is 0 Å². The summed E-state index contributed by atoms with van der Waals surface area (Å²) in [5.74, 6) is -0.941. The lowest BCUT2D eigenvalue weighted by atomic mass is 10.0. The number of hydrogen-bond donors (Lipinski definition) is 0. The van der Waals surface area contributed by atoms with E-state index < -0.39 is 12.1 Å². The van der Waals surface area contributed by atoms with Gasteiger partial charge in [0, 0.05) is 11.2 Å². The lowest BCUT2D eigenvalue weighted by Crippen LogP contribution is -2.16. The van der Waals surface area contributed by atoms with Crippen LogP contribution in [0.15, 0.2) is 30.5 Å². The molecule has 0 aliphatic rings. The minimum Gasteiger partial charge on any atom is -0.465 e. The summed E-state index contributed by atoms with van der Waals surface area (Å²) in [6.45, 7) is 2.08. The van der Waals surface area contributed by atoms with Crippen LogP contribution in [-0.4, -0.2) is 37.4 Å². The van der Waals surface area contributed by atoms with Gasteiger partial charge in [0.15, 0.2) is 0 Å². The quantitative estimate of drug-likeness (QED) is 0.566. The third-order valence-electron chi connectivity index (χ3n) is 2.67. The molecule has 7 heteroatoms. The molecule has 1 unspecified atom stereocenters. The summed E-state index contributed by atoms with van der Waals surface area (Å²) < 4.78 is 14.1. The molecule has 0 aliphatic carbocycles. The smallest absolute Gasteiger partial charge is 0.465 e. The third kappa shape index (κ3) is 6.13. The lowest BCUT2D eigenvalue weighted by molar-refractivity contribution is -0.145. The van der Waals surface area contributed by atoms with Crippen LogP contribution in [0.2, 0.25) is 5.02 Å². The highest BCUT2D eigenvalue weighted by Gasteiger charge is 2.22. The molecule has 0 bridgehead atoms. The Hall–Kier alpha value is -2.08.